The first kappa shape index (κ1) is 35.9. The Labute approximate surface area is 296 Å². The number of ether oxygens (including phenoxy) is 5. The normalized spacial score (nSPS) is 20.1. The molecule has 0 bridgehead atoms. The van der Waals surface area contributed by atoms with Gasteiger partial charge in [0, 0.05) is 17.5 Å². The molecule has 5 atom stereocenters. The van der Waals surface area contributed by atoms with Crippen LogP contribution in [-0.4, -0.2) is 68.2 Å². The molecule has 0 spiro atoms. The third kappa shape index (κ3) is 8.70. The zero-order valence-electron chi connectivity index (χ0n) is 27.2. The topological polar surface area (TPSA) is 194 Å². The van der Waals surface area contributed by atoms with E-state index in [4.69, 9.17) is 28.1 Å². The van der Waals surface area contributed by atoms with Crippen molar-refractivity contribution in [2.24, 2.45) is 0 Å². The van der Waals surface area contributed by atoms with Gasteiger partial charge in [0.2, 0.25) is 22.8 Å². The smallest absolute Gasteiger partial charge is 0.338 e. The van der Waals surface area contributed by atoms with Gasteiger partial charge in [-0.3, -0.25) is 4.18 Å². The summed E-state index contributed by atoms with van der Waals surface area (Å²) in [5.41, 5.74) is 0.317. The lowest BCUT2D eigenvalue weighted by atomic mass is 9.97. The Bertz CT molecular complexity index is 2220. The van der Waals surface area contributed by atoms with Gasteiger partial charge in [0.25, 0.3) is 0 Å². The molecule has 4 aromatic carbocycles. The van der Waals surface area contributed by atoms with E-state index in [1.807, 2.05) is 0 Å². The Morgan fingerprint density at radius 1 is 0.692 bits per heavy atom. The average molecular weight is 730 g/mol. The second-order valence-corrected chi connectivity index (χ2v) is 12.5. The minimum absolute atomic E-state index is 0.0102. The van der Waals surface area contributed by atoms with Gasteiger partial charge in [-0.1, -0.05) is 54.6 Å². The molecule has 268 valence electrons. The molecular weight excluding hydrogens is 700 g/mol. The van der Waals surface area contributed by atoms with Crippen LogP contribution in [0.2, 0.25) is 0 Å². The molecule has 6 rings (SSSR count). The number of carbonyl (C=O) groups excluding carboxylic acids is 3. The number of esters is 3. The predicted molar refractivity (Wildman–Crippen MR) is 179 cm³/mol. The van der Waals surface area contributed by atoms with Crippen LogP contribution in [-0.2, 0) is 33.5 Å². The van der Waals surface area contributed by atoms with Gasteiger partial charge in [0.05, 0.1) is 23.3 Å². The maximum absolute atomic E-state index is 13.6. The maximum Gasteiger partial charge on any atom is 0.338 e. The van der Waals surface area contributed by atoms with Crippen molar-refractivity contribution in [1.82, 2.24) is 0 Å². The quantitative estimate of drug-likeness (QED) is 0.0612. The van der Waals surface area contributed by atoms with E-state index < -0.39 is 71.2 Å². The molecule has 2 heterocycles. The second kappa shape index (κ2) is 15.6. The molecule has 15 heteroatoms. The second-order valence-electron chi connectivity index (χ2n) is 11.5. The van der Waals surface area contributed by atoms with Gasteiger partial charge in [0.15, 0.2) is 12.2 Å². The van der Waals surface area contributed by atoms with E-state index >= 15 is 0 Å². The number of aryl methyl sites for hydroxylation is 1. The molecule has 1 aliphatic heterocycles. The van der Waals surface area contributed by atoms with Gasteiger partial charge in [-0.05, 0) is 61.0 Å². The summed E-state index contributed by atoms with van der Waals surface area (Å²) < 4.78 is 74.6. The maximum atomic E-state index is 13.6. The highest BCUT2D eigenvalue weighted by Crippen LogP contribution is 2.33. The van der Waals surface area contributed by atoms with E-state index in [-0.39, 0.29) is 28.0 Å². The predicted octanol–water partition coefficient (Wildman–Crippen LogP) is 4.36. The molecule has 1 aliphatic rings. The molecule has 5 aromatic rings. The summed E-state index contributed by atoms with van der Waals surface area (Å²) in [6.45, 7) is 0.670. The molecular formula is C37H29O14S-. The van der Waals surface area contributed by atoms with Gasteiger partial charge in [0.1, 0.15) is 17.4 Å². The van der Waals surface area contributed by atoms with E-state index in [2.05, 4.69) is 4.18 Å². The van der Waals surface area contributed by atoms with Gasteiger partial charge in [-0.15, -0.1) is 0 Å². The minimum atomic E-state index is -5.33. The summed E-state index contributed by atoms with van der Waals surface area (Å²) in [5, 5.41) is 0.582. The third-order valence-corrected chi connectivity index (χ3v) is 8.33. The largest absolute Gasteiger partial charge is 0.726 e. The monoisotopic (exact) mass is 729 g/mol. The van der Waals surface area contributed by atoms with Crippen LogP contribution >= 0.6 is 0 Å². The summed E-state index contributed by atoms with van der Waals surface area (Å²) in [4.78, 5) is 52.8. The zero-order chi connectivity index (χ0) is 36.8. The molecule has 52 heavy (non-hydrogen) atoms. The Morgan fingerprint density at radius 2 is 1.19 bits per heavy atom. The molecule has 1 fully saturated rings. The summed E-state index contributed by atoms with van der Waals surface area (Å²) in [6.07, 6.45) is -8.68. The molecule has 0 unspecified atom stereocenters. The first-order valence-corrected chi connectivity index (χ1v) is 17.0. The highest BCUT2D eigenvalue weighted by atomic mass is 32.3. The van der Waals surface area contributed by atoms with E-state index in [0.29, 0.717) is 10.9 Å². The highest BCUT2D eigenvalue weighted by Gasteiger charge is 2.54. The molecule has 0 aliphatic carbocycles. The number of fused-ring (bicyclic) bond motifs is 1. The summed E-state index contributed by atoms with van der Waals surface area (Å²) in [6, 6.07) is 28.9. The molecule has 14 nitrogen and oxygen atoms in total. The fourth-order valence-corrected chi connectivity index (χ4v) is 5.77. The van der Waals surface area contributed by atoms with E-state index in [1.165, 1.54) is 54.6 Å². The number of benzene rings is 4. The Morgan fingerprint density at radius 3 is 1.71 bits per heavy atom. The van der Waals surface area contributed by atoms with Crippen LogP contribution in [0.25, 0.3) is 11.0 Å². The lowest BCUT2D eigenvalue weighted by molar-refractivity contribution is -0.274. The van der Waals surface area contributed by atoms with Crippen LogP contribution < -0.4 is 10.4 Å². The van der Waals surface area contributed by atoms with Crippen molar-refractivity contribution in [3.8, 4) is 5.75 Å². The Hall–Kier alpha value is -5.87. The standard InChI is InChI=1S/C37H30O14S/c1-22-19-30(38)47-28-20-26(17-18-27(22)28)46-37-33(51-36(41)25-15-9-4-10-16-25)32(50-35(40)24-13-7-3-8-14-24)31(29(48-37)21-45-52(42,43)44)49-34(39)23-11-5-2-6-12-23/h2-20,29,31-33,37H,21H2,1H3,(H,42,43,44)/p-1/t29-,31+,32+,33+,37+/m0/s1. The van der Waals surface area contributed by atoms with Gasteiger partial charge in [-0.25, -0.2) is 27.6 Å². The van der Waals surface area contributed by atoms with Crippen LogP contribution in [0, 0.1) is 6.92 Å². The van der Waals surface area contributed by atoms with Crippen LogP contribution in [0.15, 0.2) is 124 Å². The zero-order valence-corrected chi connectivity index (χ0v) is 28.0. The first-order valence-electron chi connectivity index (χ1n) is 15.7. The van der Waals surface area contributed by atoms with Crippen LogP contribution in [0.1, 0.15) is 36.6 Å². The van der Waals surface area contributed by atoms with Crippen LogP contribution in [0.5, 0.6) is 5.75 Å². The van der Waals surface area contributed by atoms with Crippen molar-refractivity contribution in [3.05, 3.63) is 148 Å². The van der Waals surface area contributed by atoms with Crippen LogP contribution in [0.4, 0.5) is 0 Å². The van der Waals surface area contributed by atoms with E-state index in [9.17, 15) is 32.1 Å². The highest BCUT2D eigenvalue weighted by molar-refractivity contribution is 7.80. The van der Waals surface area contributed by atoms with Crippen molar-refractivity contribution in [3.63, 3.8) is 0 Å². The van der Waals surface area contributed by atoms with Gasteiger partial charge in [-0.2, -0.15) is 0 Å². The SMILES string of the molecule is Cc1cc(=O)oc2cc(O[C@@H]3O[C@@H](COS(=O)(=O)[O-])[C@@H](OC(=O)c4ccccc4)[C@@H](OC(=O)c4ccccc4)[C@H]3OC(=O)c3ccccc3)ccc12. The fourth-order valence-electron chi connectivity index (χ4n) is 5.47. The molecule has 0 saturated carbocycles. The van der Waals surface area contributed by atoms with Gasteiger partial charge < -0.3 is 32.7 Å². The number of hydrogen-bond donors (Lipinski definition) is 0. The molecule has 1 aromatic heterocycles. The van der Waals surface area contributed by atoms with Crippen molar-refractivity contribution in [1.29, 1.82) is 0 Å². The molecule has 0 radical (unpaired) electrons. The van der Waals surface area contributed by atoms with Crippen molar-refractivity contribution in [2.45, 2.75) is 37.6 Å². The average Bonchev–Trinajstić information content (AvgIpc) is 3.13. The first-order chi connectivity index (χ1) is 24.9. The molecule has 1 saturated heterocycles. The third-order valence-electron chi connectivity index (χ3n) is 7.90. The number of hydrogen-bond acceptors (Lipinski definition) is 14. The lowest BCUT2D eigenvalue weighted by Gasteiger charge is -2.44. The molecule has 0 N–H and O–H groups in total. The number of carbonyl (C=O) groups is 3. The Balaban J connectivity index is 1.46. The summed E-state index contributed by atoms with van der Waals surface area (Å²) in [7, 11) is -5.33. The van der Waals surface area contributed by atoms with Crippen molar-refractivity contribution >= 4 is 39.3 Å². The Kier molecular flexibility index (Phi) is 10.8. The van der Waals surface area contributed by atoms with E-state index in [1.54, 1.807) is 67.6 Å². The summed E-state index contributed by atoms with van der Waals surface area (Å²) >= 11 is 0. The lowest BCUT2D eigenvalue weighted by Crippen LogP contribution is -2.63. The molecule has 0 amide bonds. The summed E-state index contributed by atoms with van der Waals surface area (Å²) in [5.74, 6) is -2.83. The van der Waals surface area contributed by atoms with E-state index in [0.717, 1.165) is 0 Å². The van der Waals surface area contributed by atoms with Crippen LogP contribution in [0.3, 0.4) is 0 Å². The van der Waals surface area contributed by atoms with Gasteiger partial charge >= 0.3 is 23.5 Å². The van der Waals surface area contributed by atoms with Crippen molar-refractivity contribution in [2.75, 3.05) is 6.61 Å². The van der Waals surface area contributed by atoms with Crippen molar-refractivity contribution < 1.29 is 59.6 Å². The number of rotatable bonds is 11. The minimum Gasteiger partial charge on any atom is -0.726 e. The fraction of sp³-hybridized carbons (Fsp3) is 0.189.